The third-order valence-corrected chi connectivity index (χ3v) is 4.84. The first kappa shape index (κ1) is 14.9. The van der Waals surface area contributed by atoms with Gasteiger partial charge in [-0.2, -0.15) is 5.10 Å². The lowest BCUT2D eigenvalue weighted by molar-refractivity contribution is 0.0867. The molecule has 2 aromatic rings. The van der Waals surface area contributed by atoms with Crippen LogP contribution in [0.5, 0.6) is 0 Å². The number of rotatable bonds is 6. The summed E-state index contributed by atoms with van der Waals surface area (Å²) in [6.45, 7) is 4.57. The van der Waals surface area contributed by atoms with E-state index in [0.29, 0.717) is 5.92 Å². The van der Waals surface area contributed by atoms with Gasteiger partial charge in [0.1, 0.15) is 0 Å². The molecule has 6 heteroatoms. The number of hydrogen-bond donors (Lipinski definition) is 0. The van der Waals surface area contributed by atoms with Gasteiger partial charge in [0.05, 0.1) is 24.8 Å². The number of aromatic nitrogens is 4. The van der Waals surface area contributed by atoms with Crippen LogP contribution in [0.3, 0.4) is 0 Å². The molecule has 0 radical (unpaired) electrons. The number of hydrogen-bond acceptors (Lipinski definition) is 4. The Morgan fingerprint density at radius 3 is 2.87 bits per heavy atom. The Morgan fingerprint density at radius 1 is 1.26 bits per heavy atom. The van der Waals surface area contributed by atoms with E-state index in [1.54, 1.807) is 0 Å². The van der Waals surface area contributed by atoms with E-state index in [1.165, 1.54) is 29.8 Å². The highest BCUT2D eigenvalue weighted by Gasteiger charge is 2.30. The maximum atomic E-state index is 6.00. The first-order chi connectivity index (χ1) is 11.2. The van der Waals surface area contributed by atoms with Crippen LogP contribution in [-0.4, -0.2) is 44.0 Å². The standard InChI is InChI=1S/C17H25N5O/c1-20-12-18-16-9-22(7-14-5-19-21(2)6-14)8-15(17(16)20)11-23-10-13-3-4-13/h5-6,12-13,15H,3-4,7-11H2,1-2H3. The Hall–Kier alpha value is -1.66. The third-order valence-electron chi connectivity index (χ3n) is 4.84. The van der Waals surface area contributed by atoms with E-state index in [0.717, 1.165) is 38.8 Å². The van der Waals surface area contributed by atoms with E-state index < -0.39 is 0 Å². The largest absolute Gasteiger partial charge is 0.380 e. The molecule has 0 N–H and O–H groups in total. The van der Waals surface area contributed by atoms with Gasteiger partial charge in [-0.3, -0.25) is 9.58 Å². The fraction of sp³-hybridized carbons (Fsp3) is 0.647. The zero-order valence-corrected chi connectivity index (χ0v) is 14.0. The van der Waals surface area contributed by atoms with Crippen molar-refractivity contribution in [1.29, 1.82) is 0 Å². The van der Waals surface area contributed by atoms with Crippen LogP contribution in [0.4, 0.5) is 0 Å². The molecular weight excluding hydrogens is 290 g/mol. The Morgan fingerprint density at radius 2 is 2.13 bits per heavy atom. The molecule has 1 aliphatic carbocycles. The van der Waals surface area contributed by atoms with Crippen LogP contribution in [-0.2, 0) is 31.9 Å². The average Bonchev–Trinajstić information content (AvgIpc) is 3.15. The number of nitrogens with zero attached hydrogens (tertiary/aromatic N) is 5. The highest BCUT2D eigenvalue weighted by atomic mass is 16.5. The van der Waals surface area contributed by atoms with Crippen LogP contribution in [0, 0.1) is 5.92 Å². The normalized spacial score (nSPS) is 21.6. The Labute approximate surface area is 137 Å². The van der Waals surface area contributed by atoms with Gasteiger partial charge in [-0.1, -0.05) is 0 Å². The van der Waals surface area contributed by atoms with Gasteiger partial charge in [0.2, 0.25) is 0 Å². The molecule has 1 saturated carbocycles. The second kappa shape index (κ2) is 6.09. The van der Waals surface area contributed by atoms with E-state index in [9.17, 15) is 0 Å². The van der Waals surface area contributed by atoms with Gasteiger partial charge >= 0.3 is 0 Å². The SMILES string of the molecule is Cn1cc(CN2Cc3ncn(C)c3C(COCC3CC3)C2)cn1. The fourth-order valence-electron chi connectivity index (χ4n) is 3.53. The minimum Gasteiger partial charge on any atom is -0.380 e. The van der Waals surface area contributed by atoms with Gasteiger partial charge in [0.15, 0.2) is 0 Å². The van der Waals surface area contributed by atoms with Crippen LogP contribution in [0.25, 0.3) is 0 Å². The highest BCUT2D eigenvalue weighted by molar-refractivity contribution is 5.22. The molecule has 124 valence electrons. The molecule has 0 bridgehead atoms. The molecule has 1 atom stereocenters. The molecule has 1 fully saturated rings. The van der Waals surface area contributed by atoms with Crippen molar-refractivity contribution in [2.24, 2.45) is 20.0 Å². The molecule has 0 spiro atoms. The first-order valence-corrected chi connectivity index (χ1v) is 8.46. The van der Waals surface area contributed by atoms with Crippen LogP contribution in [0.15, 0.2) is 18.7 Å². The van der Waals surface area contributed by atoms with Gasteiger partial charge in [-0.25, -0.2) is 4.98 Å². The van der Waals surface area contributed by atoms with Gasteiger partial charge in [0, 0.05) is 63.7 Å². The number of fused-ring (bicyclic) bond motifs is 1. The van der Waals surface area contributed by atoms with Crippen molar-refractivity contribution in [2.45, 2.75) is 31.8 Å². The maximum absolute atomic E-state index is 6.00. The zero-order chi connectivity index (χ0) is 15.8. The fourth-order valence-corrected chi connectivity index (χ4v) is 3.53. The lowest BCUT2D eigenvalue weighted by Crippen LogP contribution is -2.36. The summed E-state index contributed by atoms with van der Waals surface area (Å²) in [5, 5.41) is 4.27. The monoisotopic (exact) mass is 315 g/mol. The molecule has 6 nitrogen and oxygen atoms in total. The lowest BCUT2D eigenvalue weighted by atomic mass is 9.98. The zero-order valence-electron chi connectivity index (χ0n) is 14.0. The van der Waals surface area contributed by atoms with E-state index in [4.69, 9.17) is 4.74 Å². The Balaban J connectivity index is 1.45. The molecule has 2 aromatic heterocycles. The van der Waals surface area contributed by atoms with Crippen LogP contribution < -0.4 is 0 Å². The predicted octanol–water partition coefficient (Wildman–Crippen LogP) is 1.68. The molecule has 2 aliphatic rings. The van der Waals surface area contributed by atoms with Gasteiger partial charge < -0.3 is 9.30 Å². The number of aryl methyl sites for hydroxylation is 2. The smallest absolute Gasteiger partial charge is 0.0949 e. The lowest BCUT2D eigenvalue weighted by Gasteiger charge is -2.32. The maximum Gasteiger partial charge on any atom is 0.0949 e. The summed E-state index contributed by atoms with van der Waals surface area (Å²) in [5.74, 6) is 1.22. The number of ether oxygens (including phenoxy) is 1. The predicted molar refractivity (Wildman–Crippen MR) is 86.8 cm³/mol. The van der Waals surface area contributed by atoms with Crippen LogP contribution in [0.2, 0.25) is 0 Å². The Kier molecular flexibility index (Phi) is 3.95. The molecular formula is C17H25N5O. The molecule has 23 heavy (non-hydrogen) atoms. The van der Waals surface area contributed by atoms with E-state index in [2.05, 4.69) is 32.8 Å². The minimum absolute atomic E-state index is 0.404. The van der Waals surface area contributed by atoms with Crippen molar-refractivity contribution in [1.82, 2.24) is 24.2 Å². The molecule has 1 aliphatic heterocycles. The quantitative estimate of drug-likeness (QED) is 0.814. The van der Waals surface area contributed by atoms with Crippen molar-refractivity contribution in [3.05, 3.63) is 35.7 Å². The van der Waals surface area contributed by atoms with E-state index in [-0.39, 0.29) is 0 Å². The van der Waals surface area contributed by atoms with E-state index >= 15 is 0 Å². The summed E-state index contributed by atoms with van der Waals surface area (Å²) < 4.78 is 10.0. The van der Waals surface area contributed by atoms with Gasteiger partial charge in [0.25, 0.3) is 0 Å². The second-order valence-electron chi connectivity index (χ2n) is 7.06. The topological polar surface area (TPSA) is 48.1 Å². The van der Waals surface area contributed by atoms with Crippen molar-refractivity contribution < 1.29 is 4.74 Å². The summed E-state index contributed by atoms with van der Waals surface area (Å²) in [4.78, 5) is 7.06. The van der Waals surface area contributed by atoms with Crippen molar-refractivity contribution in [3.63, 3.8) is 0 Å². The van der Waals surface area contributed by atoms with Crippen LogP contribution >= 0.6 is 0 Å². The van der Waals surface area contributed by atoms with Gasteiger partial charge in [-0.15, -0.1) is 0 Å². The van der Waals surface area contributed by atoms with E-state index in [1.807, 2.05) is 24.3 Å². The molecule has 0 aromatic carbocycles. The third kappa shape index (κ3) is 3.33. The average molecular weight is 315 g/mol. The Bertz CT molecular complexity index is 672. The molecule has 4 rings (SSSR count). The summed E-state index contributed by atoms with van der Waals surface area (Å²) in [7, 11) is 4.06. The molecule has 0 amide bonds. The summed E-state index contributed by atoms with van der Waals surface area (Å²) in [5.41, 5.74) is 3.80. The first-order valence-electron chi connectivity index (χ1n) is 8.46. The van der Waals surface area contributed by atoms with Crippen molar-refractivity contribution in [3.8, 4) is 0 Å². The van der Waals surface area contributed by atoms with Crippen molar-refractivity contribution in [2.75, 3.05) is 19.8 Å². The summed E-state index contributed by atoms with van der Waals surface area (Å²) >= 11 is 0. The molecule has 0 saturated heterocycles. The van der Waals surface area contributed by atoms with Crippen LogP contribution in [0.1, 0.15) is 35.7 Å². The van der Waals surface area contributed by atoms with Crippen molar-refractivity contribution >= 4 is 0 Å². The molecule has 1 unspecified atom stereocenters. The number of imidazole rings is 1. The highest BCUT2D eigenvalue weighted by Crippen LogP contribution is 2.31. The van der Waals surface area contributed by atoms with Gasteiger partial charge in [-0.05, 0) is 18.8 Å². The molecule has 3 heterocycles. The second-order valence-corrected chi connectivity index (χ2v) is 7.06. The summed E-state index contributed by atoms with van der Waals surface area (Å²) in [6, 6.07) is 0. The summed E-state index contributed by atoms with van der Waals surface area (Å²) in [6.07, 6.45) is 8.66. The minimum atomic E-state index is 0.404.